The third-order valence-corrected chi connectivity index (χ3v) is 8.10. The quantitative estimate of drug-likeness (QED) is 0.320. The van der Waals surface area contributed by atoms with Crippen LogP contribution in [0.25, 0.3) is 11.1 Å². The van der Waals surface area contributed by atoms with Crippen molar-refractivity contribution >= 4 is 12.9 Å². The molecule has 5 heteroatoms. The number of fused-ring (bicyclic) bond motifs is 9. The third kappa shape index (κ3) is 3.23. The van der Waals surface area contributed by atoms with Crippen molar-refractivity contribution in [3.8, 4) is 28.7 Å². The first-order valence-electron chi connectivity index (χ1n) is 12.5. The summed E-state index contributed by atoms with van der Waals surface area (Å²) in [6.07, 6.45) is 0. The van der Waals surface area contributed by atoms with Crippen molar-refractivity contribution in [2.24, 2.45) is 0 Å². The number of para-hydroxylation sites is 2. The van der Waals surface area contributed by atoms with E-state index in [1.807, 2.05) is 62.4 Å². The van der Waals surface area contributed by atoms with Gasteiger partial charge in [0.2, 0.25) is 0 Å². The minimum absolute atomic E-state index is 0.654. The minimum Gasteiger partial charge on any atom is -0.457 e. The molecule has 0 saturated heterocycles. The van der Waals surface area contributed by atoms with Crippen LogP contribution < -0.4 is 10.2 Å². The van der Waals surface area contributed by atoms with Crippen LogP contribution in [-0.4, -0.2) is 23.8 Å². The Morgan fingerprint density at radius 2 is 1.46 bits per heavy atom. The van der Waals surface area contributed by atoms with Crippen molar-refractivity contribution in [3.63, 3.8) is 0 Å². The standard InChI is InChI=1S/C32H27BNO3/c1-30(2,35)31(3,4)37-33-26-17-10-16-25-29(26)36-27-18-8-7-14-23(27)32(25)22-13-6-5-12-21(22)28-20(19-34)11-9-15-24(28)32/h5-18,35H,1-4H3. The molecule has 0 fully saturated rings. The van der Waals surface area contributed by atoms with Gasteiger partial charge >= 0.3 is 7.48 Å². The van der Waals surface area contributed by atoms with Gasteiger partial charge in [0.15, 0.2) is 0 Å². The van der Waals surface area contributed by atoms with E-state index in [1.165, 1.54) is 0 Å². The Kier molecular flexibility index (Phi) is 5.14. The van der Waals surface area contributed by atoms with Gasteiger partial charge in [-0.3, -0.25) is 0 Å². The van der Waals surface area contributed by atoms with Gasteiger partial charge < -0.3 is 14.5 Å². The van der Waals surface area contributed by atoms with Crippen LogP contribution in [0.4, 0.5) is 0 Å². The molecule has 181 valence electrons. The zero-order chi connectivity index (χ0) is 26.0. The summed E-state index contributed by atoms with van der Waals surface area (Å²) < 4.78 is 12.8. The number of benzene rings is 4. The molecule has 37 heavy (non-hydrogen) atoms. The van der Waals surface area contributed by atoms with Crippen molar-refractivity contribution < 1.29 is 14.5 Å². The lowest BCUT2D eigenvalue weighted by molar-refractivity contribution is -0.0893. The van der Waals surface area contributed by atoms with E-state index in [1.54, 1.807) is 21.3 Å². The maximum atomic E-state index is 10.6. The van der Waals surface area contributed by atoms with Gasteiger partial charge in [0.25, 0.3) is 0 Å². The van der Waals surface area contributed by atoms with E-state index in [4.69, 9.17) is 9.39 Å². The second kappa shape index (κ2) is 8.08. The van der Waals surface area contributed by atoms with Crippen molar-refractivity contribution in [3.05, 3.63) is 113 Å². The Morgan fingerprint density at radius 1 is 0.811 bits per heavy atom. The molecule has 6 rings (SSSR count). The van der Waals surface area contributed by atoms with Crippen LogP contribution in [0.2, 0.25) is 0 Å². The monoisotopic (exact) mass is 484 g/mol. The van der Waals surface area contributed by atoms with Gasteiger partial charge in [-0.15, -0.1) is 0 Å². The van der Waals surface area contributed by atoms with E-state index < -0.39 is 16.6 Å². The molecular formula is C32H27BNO3. The lowest BCUT2D eigenvalue weighted by Gasteiger charge is -2.40. The van der Waals surface area contributed by atoms with Gasteiger partial charge in [0.05, 0.1) is 28.2 Å². The van der Waals surface area contributed by atoms with E-state index in [0.717, 1.165) is 44.6 Å². The average molecular weight is 484 g/mol. The lowest BCUT2D eigenvalue weighted by atomic mass is 9.64. The number of nitriles is 1. The number of nitrogens with zero attached hydrogens (tertiary/aromatic N) is 1. The number of aliphatic hydroxyl groups is 1. The zero-order valence-corrected chi connectivity index (χ0v) is 21.4. The fraction of sp³-hybridized carbons (Fsp3) is 0.219. The van der Waals surface area contributed by atoms with Crippen LogP contribution in [0.1, 0.15) is 55.5 Å². The highest BCUT2D eigenvalue weighted by atomic mass is 16.5. The molecule has 2 aliphatic rings. The maximum absolute atomic E-state index is 10.6. The summed E-state index contributed by atoms with van der Waals surface area (Å²) in [4.78, 5) is 0. The molecule has 0 saturated carbocycles. The Bertz CT molecular complexity index is 1590. The molecule has 1 unspecified atom stereocenters. The van der Waals surface area contributed by atoms with Crippen LogP contribution in [0.3, 0.4) is 0 Å². The summed E-state index contributed by atoms with van der Waals surface area (Å²) in [6, 6.07) is 31.0. The molecule has 1 radical (unpaired) electrons. The number of hydrogen-bond acceptors (Lipinski definition) is 4. The van der Waals surface area contributed by atoms with Gasteiger partial charge in [-0.05, 0) is 62.0 Å². The van der Waals surface area contributed by atoms with Gasteiger partial charge in [0, 0.05) is 16.7 Å². The first-order chi connectivity index (χ1) is 17.7. The first kappa shape index (κ1) is 23.5. The number of rotatable bonds is 4. The van der Waals surface area contributed by atoms with Crippen LogP contribution in [0, 0.1) is 11.3 Å². The largest absolute Gasteiger partial charge is 0.457 e. The highest BCUT2D eigenvalue weighted by Gasteiger charge is 2.52. The number of hydrogen-bond donors (Lipinski definition) is 1. The molecule has 4 aromatic rings. The Labute approximate surface area is 218 Å². The highest BCUT2D eigenvalue weighted by Crippen LogP contribution is 2.62. The average Bonchev–Trinajstić information content (AvgIpc) is 3.18. The van der Waals surface area contributed by atoms with E-state index in [0.29, 0.717) is 11.3 Å². The molecule has 1 spiro atoms. The summed E-state index contributed by atoms with van der Waals surface area (Å²) in [5.41, 5.74) is 5.17. The summed E-state index contributed by atoms with van der Waals surface area (Å²) >= 11 is 0. The summed E-state index contributed by atoms with van der Waals surface area (Å²) in [7, 11) is 1.69. The molecule has 1 aliphatic carbocycles. The molecule has 1 atom stereocenters. The first-order valence-corrected chi connectivity index (χ1v) is 12.5. The molecular weight excluding hydrogens is 457 g/mol. The van der Waals surface area contributed by atoms with Gasteiger partial charge in [-0.25, -0.2) is 0 Å². The topological polar surface area (TPSA) is 62.5 Å². The van der Waals surface area contributed by atoms with Gasteiger partial charge in [-0.2, -0.15) is 5.26 Å². The van der Waals surface area contributed by atoms with Crippen LogP contribution in [-0.2, 0) is 10.1 Å². The Balaban J connectivity index is 1.64. The normalized spacial score (nSPS) is 17.2. The molecule has 4 aromatic carbocycles. The number of ether oxygens (including phenoxy) is 1. The highest BCUT2D eigenvalue weighted by molar-refractivity contribution is 6.48. The Hall–Kier alpha value is -3.85. The molecule has 0 amide bonds. The van der Waals surface area contributed by atoms with Crippen molar-refractivity contribution in [2.75, 3.05) is 0 Å². The van der Waals surface area contributed by atoms with Gasteiger partial charge in [0.1, 0.15) is 11.5 Å². The lowest BCUT2D eigenvalue weighted by Crippen LogP contribution is -2.49. The summed E-state index contributed by atoms with van der Waals surface area (Å²) in [6.45, 7) is 7.21. The van der Waals surface area contributed by atoms with Crippen molar-refractivity contribution in [1.82, 2.24) is 0 Å². The van der Waals surface area contributed by atoms with Crippen LogP contribution >= 0.6 is 0 Å². The van der Waals surface area contributed by atoms with Crippen molar-refractivity contribution in [1.29, 1.82) is 5.26 Å². The molecule has 4 nitrogen and oxygen atoms in total. The molecule has 0 bridgehead atoms. The predicted octanol–water partition coefficient (Wildman–Crippen LogP) is 5.84. The fourth-order valence-corrected chi connectivity index (χ4v) is 5.53. The zero-order valence-electron chi connectivity index (χ0n) is 21.4. The summed E-state index contributed by atoms with van der Waals surface area (Å²) in [5, 5.41) is 20.7. The third-order valence-electron chi connectivity index (χ3n) is 8.10. The fourth-order valence-electron chi connectivity index (χ4n) is 5.53. The molecule has 1 aliphatic heterocycles. The second-order valence-electron chi connectivity index (χ2n) is 10.8. The molecule has 0 aromatic heterocycles. The predicted molar refractivity (Wildman–Crippen MR) is 145 cm³/mol. The maximum Gasteiger partial charge on any atom is 0.334 e. The SMILES string of the molecule is CC(C)(O)C(C)(C)O[B]c1cccc2c1Oc1ccccc1C21c2ccccc2-c2c(C#N)cccc21. The van der Waals surface area contributed by atoms with Crippen LogP contribution in [0.5, 0.6) is 11.5 Å². The molecule has 1 heterocycles. The van der Waals surface area contributed by atoms with E-state index in [-0.39, 0.29) is 0 Å². The second-order valence-corrected chi connectivity index (χ2v) is 10.8. The van der Waals surface area contributed by atoms with E-state index in [2.05, 4.69) is 42.5 Å². The smallest absolute Gasteiger partial charge is 0.334 e. The van der Waals surface area contributed by atoms with E-state index in [9.17, 15) is 10.4 Å². The van der Waals surface area contributed by atoms with Gasteiger partial charge in [-0.1, -0.05) is 72.8 Å². The van der Waals surface area contributed by atoms with Crippen LogP contribution in [0.15, 0.2) is 84.9 Å². The summed E-state index contributed by atoms with van der Waals surface area (Å²) in [5.74, 6) is 1.47. The van der Waals surface area contributed by atoms with E-state index >= 15 is 0 Å². The molecule has 1 N–H and O–H groups in total. The van der Waals surface area contributed by atoms with Crippen molar-refractivity contribution in [2.45, 2.75) is 44.3 Å². The minimum atomic E-state index is -1.05. The Morgan fingerprint density at radius 3 is 2.22 bits per heavy atom.